The molecule has 1 N–H and O–H groups in total. The number of anilines is 1. The molecule has 0 aliphatic carbocycles. The first-order valence-corrected chi connectivity index (χ1v) is 9.11. The monoisotopic (exact) mass is 341 g/mol. The summed E-state index contributed by atoms with van der Waals surface area (Å²) in [4.78, 5) is 25.7. The molecule has 0 radical (unpaired) electrons. The van der Waals surface area contributed by atoms with Crippen molar-refractivity contribution in [3.8, 4) is 0 Å². The lowest BCUT2D eigenvalue weighted by Gasteiger charge is -2.24. The van der Waals surface area contributed by atoms with Gasteiger partial charge in [-0.1, -0.05) is 31.2 Å². The number of esters is 1. The molecular weight excluding hydrogens is 322 g/mol. The molecule has 1 aliphatic rings. The van der Waals surface area contributed by atoms with E-state index in [-0.39, 0.29) is 5.91 Å². The largest absolute Gasteiger partial charge is 0.448 e. The van der Waals surface area contributed by atoms with Crippen LogP contribution in [0.4, 0.5) is 5.69 Å². The Morgan fingerprint density at radius 3 is 2.83 bits per heavy atom. The van der Waals surface area contributed by atoms with E-state index in [1.165, 1.54) is 0 Å². The Kier molecular flexibility index (Phi) is 4.90. The number of aryl methyl sites for hydroxylation is 1. The predicted octanol–water partition coefficient (Wildman–Crippen LogP) is 3.69. The van der Waals surface area contributed by atoms with Gasteiger partial charge in [-0.15, -0.1) is 11.8 Å². The van der Waals surface area contributed by atoms with E-state index in [9.17, 15) is 9.59 Å². The third-order valence-electron chi connectivity index (χ3n) is 4.11. The number of fused-ring (bicyclic) bond motifs is 1. The molecule has 5 heteroatoms. The first kappa shape index (κ1) is 16.6. The van der Waals surface area contributed by atoms with E-state index in [4.69, 9.17) is 4.74 Å². The lowest BCUT2D eigenvalue weighted by molar-refractivity contribution is -0.125. The van der Waals surface area contributed by atoms with E-state index in [0.29, 0.717) is 12.0 Å². The summed E-state index contributed by atoms with van der Waals surface area (Å²) in [5, 5.41) is 2.87. The fourth-order valence-electron chi connectivity index (χ4n) is 2.78. The number of rotatable bonds is 4. The number of hydrogen-bond donors (Lipinski definition) is 1. The fourth-order valence-corrected chi connectivity index (χ4v) is 3.33. The Hall–Kier alpha value is -2.27. The van der Waals surface area contributed by atoms with Crippen molar-refractivity contribution in [2.45, 2.75) is 30.8 Å². The minimum atomic E-state index is -0.799. The van der Waals surface area contributed by atoms with Crippen LogP contribution in [-0.2, 0) is 22.4 Å². The van der Waals surface area contributed by atoms with Crippen LogP contribution < -0.4 is 5.32 Å². The number of para-hydroxylation sites is 1. The van der Waals surface area contributed by atoms with Gasteiger partial charge in [0.25, 0.3) is 5.91 Å². The molecule has 2 aromatic rings. The van der Waals surface area contributed by atoms with Gasteiger partial charge >= 0.3 is 5.97 Å². The van der Waals surface area contributed by atoms with Crippen molar-refractivity contribution in [2.75, 3.05) is 11.6 Å². The average molecular weight is 341 g/mol. The van der Waals surface area contributed by atoms with Crippen LogP contribution in [0, 0.1) is 0 Å². The molecular formula is C19H19NO3S. The molecule has 0 saturated carbocycles. The molecule has 3 rings (SSSR count). The van der Waals surface area contributed by atoms with E-state index in [1.54, 1.807) is 17.8 Å². The van der Waals surface area contributed by atoms with E-state index in [2.05, 4.69) is 12.2 Å². The number of ether oxygens (including phenoxy) is 1. The summed E-state index contributed by atoms with van der Waals surface area (Å²) in [6.07, 6.45) is 2.45. The van der Waals surface area contributed by atoms with E-state index in [0.717, 1.165) is 28.1 Å². The van der Waals surface area contributed by atoms with Crippen LogP contribution in [0.1, 0.15) is 28.4 Å². The first-order chi connectivity index (χ1) is 11.6. The van der Waals surface area contributed by atoms with Gasteiger partial charge in [-0.2, -0.15) is 0 Å². The fraction of sp³-hybridized carbons (Fsp3) is 0.263. The second-order valence-corrected chi connectivity index (χ2v) is 6.48. The van der Waals surface area contributed by atoms with E-state index < -0.39 is 12.1 Å². The lowest BCUT2D eigenvalue weighted by atomic mass is 9.95. The maximum atomic E-state index is 12.5. The zero-order valence-corrected chi connectivity index (χ0v) is 14.5. The highest BCUT2D eigenvalue weighted by atomic mass is 32.2. The Balaban J connectivity index is 1.80. The number of carbonyl (C=O) groups excluding carboxylic acids is 2. The highest BCUT2D eigenvalue weighted by Crippen LogP contribution is 2.27. The Morgan fingerprint density at radius 2 is 2.08 bits per heavy atom. The molecule has 124 valence electrons. The van der Waals surface area contributed by atoms with Crippen molar-refractivity contribution in [1.82, 2.24) is 0 Å². The minimum absolute atomic E-state index is 0.294. The van der Waals surface area contributed by atoms with Crippen molar-refractivity contribution in [1.29, 1.82) is 0 Å². The van der Waals surface area contributed by atoms with Gasteiger partial charge in [0.2, 0.25) is 0 Å². The molecule has 24 heavy (non-hydrogen) atoms. The molecule has 1 unspecified atom stereocenters. The summed E-state index contributed by atoms with van der Waals surface area (Å²) in [7, 11) is 0. The zero-order valence-electron chi connectivity index (χ0n) is 13.7. The molecule has 1 atom stereocenters. The molecule has 0 saturated heterocycles. The highest BCUT2D eigenvalue weighted by molar-refractivity contribution is 7.98. The minimum Gasteiger partial charge on any atom is -0.448 e. The molecule has 2 aromatic carbocycles. The predicted molar refractivity (Wildman–Crippen MR) is 95.6 cm³/mol. The number of cyclic esters (lactones) is 1. The maximum Gasteiger partial charge on any atom is 0.339 e. The maximum absolute atomic E-state index is 12.5. The lowest BCUT2D eigenvalue weighted by Crippen LogP contribution is -2.38. The van der Waals surface area contributed by atoms with E-state index >= 15 is 0 Å². The number of hydrogen-bond acceptors (Lipinski definition) is 4. The van der Waals surface area contributed by atoms with Crippen molar-refractivity contribution in [2.24, 2.45) is 0 Å². The number of nitrogens with one attached hydrogen (secondary N) is 1. The Labute approximate surface area is 145 Å². The van der Waals surface area contributed by atoms with Crippen LogP contribution >= 0.6 is 11.8 Å². The molecule has 1 aliphatic heterocycles. The quantitative estimate of drug-likeness (QED) is 0.681. The number of carbonyl (C=O) groups is 2. The summed E-state index contributed by atoms with van der Waals surface area (Å²) in [5.74, 6) is -0.727. The Morgan fingerprint density at radius 1 is 1.29 bits per heavy atom. The normalized spacial score (nSPS) is 16.2. The van der Waals surface area contributed by atoms with Crippen LogP contribution in [0.5, 0.6) is 0 Å². The third kappa shape index (κ3) is 3.31. The molecule has 1 amide bonds. The molecule has 1 heterocycles. The van der Waals surface area contributed by atoms with Gasteiger partial charge in [-0.25, -0.2) is 4.79 Å². The SMILES string of the molecule is CCc1ccc2c(c1)CC(C(=O)Nc1ccccc1SC)OC2=O. The van der Waals surface area contributed by atoms with Crippen LogP contribution in [-0.4, -0.2) is 24.2 Å². The third-order valence-corrected chi connectivity index (χ3v) is 4.91. The van der Waals surface area contributed by atoms with Crippen LogP contribution in [0.25, 0.3) is 0 Å². The highest BCUT2D eigenvalue weighted by Gasteiger charge is 2.31. The van der Waals surface area contributed by atoms with Crippen molar-refractivity contribution in [3.63, 3.8) is 0 Å². The number of benzene rings is 2. The molecule has 4 nitrogen and oxygen atoms in total. The molecule has 0 spiro atoms. The Bertz CT molecular complexity index is 788. The van der Waals surface area contributed by atoms with Crippen LogP contribution in [0.2, 0.25) is 0 Å². The molecule has 0 bridgehead atoms. The molecule has 0 aromatic heterocycles. The second kappa shape index (κ2) is 7.09. The van der Waals surface area contributed by atoms with Gasteiger partial charge in [0.1, 0.15) is 0 Å². The standard InChI is InChI=1S/C19H19NO3S/c1-3-12-8-9-14-13(10-12)11-16(23-19(14)22)18(21)20-15-6-4-5-7-17(15)24-2/h4-10,16H,3,11H2,1-2H3,(H,20,21). The van der Waals surface area contributed by atoms with Gasteiger partial charge in [-0.05, 0) is 42.0 Å². The van der Waals surface area contributed by atoms with E-state index in [1.807, 2.05) is 42.7 Å². The van der Waals surface area contributed by atoms with Crippen molar-refractivity contribution >= 4 is 29.3 Å². The first-order valence-electron chi connectivity index (χ1n) is 7.89. The van der Waals surface area contributed by atoms with Gasteiger partial charge in [0, 0.05) is 11.3 Å². The van der Waals surface area contributed by atoms with Crippen molar-refractivity contribution in [3.05, 3.63) is 59.2 Å². The summed E-state index contributed by atoms with van der Waals surface area (Å²) >= 11 is 1.56. The summed E-state index contributed by atoms with van der Waals surface area (Å²) in [6, 6.07) is 13.3. The summed E-state index contributed by atoms with van der Waals surface area (Å²) in [6.45, 7) is 2.06. The average Bonchev–Trinajstić information content (AvgIpc) is 2.61. The number of amides is 1. The summed E-state index contributed by atoms with van der Waals surface area (Å²) in [5.41, 5.74) is 3.32. The van der Waals surface area contributed by atoms with Gasteiger partial charge < -0.3 is 10.1 Å². The van der Waals surface area contributed by atoms with Crippen LogP contribution in [0.3, 0.4) is 0 Å². The summed E-state index contributed by atoms with van der Waals surface area (Å²) < 4.78 is 5.34. The van der Waals surface area contributed by atoms with Gasteiger partial charge in [0.05, 0.1) is 11.3 Å². The smallest absolute Gasteiger partial charge is 0.339 e. The van der Waals surface area contributed by atoms with Gasteiger partial charge in [0.15, 0.2) is 6.10 Å². The van der Waals surface area contributed by atoms with Crippen molar-refractivity contribution < 1.29 is 14.3 Å². The van der Waals surface area contributed by atoms with Crippen LogP contribution in [0.15, 0.2) is 47.4 Å². The zero-order chi connectivity index (χ0) is 17.1. The molecule has 0 fully saturated rings. The number of thioether (sulfide) groups is 1. The van der Waals surface area contributed by atoms with Gasteiger partial charge in [-0.3, -0.25) is 4.79 Å². The second-order valence-electron chi connectivity index (χ2n) is 5.63. The topological polar surface area (TPSA) is 55.4 Å².